The first kappa shape index (κ1) is 26.0. The number of nitrogens with one attached hydrogen (secondary N) is 1. The Hall–Kier alpha value is -3.66. The largest absolute Gasteiger partial charge is 0.673 e. The van der Waals surface area contributed by atoms with Crippen LogP contribution in [0.5, 0.6) is 17.2 Å². The van der Waals surface area contributed by atoms with Gasteiger partial charge in [-0.15, -0.1) is 0 Å². The Labute approximate surface area is 203 Å². The monoisotopic (exact) mass is 509 g/mol. The molecular formula is C24H21BClF4NO4. The fourth-order valence-corrected chi connectivity index (χ4v) is 3.53. The van der Waals surface area contributed by atoms with Crippen LogP contribution in [-0.2, 0) is 0 Å². The topological polar surface area (TPSA) is 54.8 Å². The molecule has 0 amide bonds. The molecule has 1 N–H and O–H groups in total. The van der Waals surface area contributed by atoms with Crippen LogP contribution in [0.4, 0.5) is 23.0 Å². The van der Waals surface area contributed by atoms with Crippen LogP contribution in [-0.4, -0.2) is 28.6 Å². The van der Waals surface area contributed by atoms with Gasteiger partial charge in [-0.3, -0.25) is 0 Å². The van der Waals surface area contributed by atoms with Crippen LogP contribution >= 0.6 is 11.6 Å². The molecule has 0 unspecified atom stereocenters. The molecule has 0 atom stereocenters. The Kier molecular flexibility index (Phi) is 8.29. The normalized spacial score (nSPS) is 11.6. The van der Waals surface area contributed by atoms with E-state index < -0.39 is 7.25 Å². The molecule has 0 fully saturated rings. The van der Waals surface area contributed by atoms with Gasteiger partial charge in [0, 0.05) is 17.7 Å². The average molecular weight is 510 g/mol. The second-order valence-corrected chi connectivity index (χ2v) is 7.47. The third kappa shape index (κ3) is 6.92. The van der Waals surface area contributed by atoms with Gasteiger partial charge in [0.2, 0.25) is 11.0 Å². The number of fused-ring (bicyclic) bond motifs is 1. The Balaban J connectivity index is 0.000000623. The van der Waals surface area contributed by atoms with Gasteiger partial charge in [-0.05, 0) is 36.4 Å². The van der Waals surface area contributed by atoms with E-state index in [9.17, 15) is 17.3 Å². The van der Waals surface area contributed by atoms with E-state index in [-0.39, 0.29) is 0 Å². The minimum absolute atomic E-state index is 0.535. The fraction of sp³-hybridized carbons (Fsp3) is 0.125. The molecule has 0 spiro atoms. The van der Waals surface area contributed by atoms with Gasteiger partial charge in [-0.2, -0.15) is 0 Å². The fourth-order valence-electron chi connectivity index (χ4n) is 3.27. The highest BCUT2D eigenvalue weighted by atomic mass is 35.5. The van der Waals surface area contributed by atoms with Crippen molar-refractivity contribution in [2.75, 3.05) is 21.3 Å². The van der Waals surface area contributed by atoms with E-state index in [1.54, 1.807) is 21.3 Å². The first-order chi connectivity index (χ1) is 16.6. The highest BCUT2D eigenvalue weighted by molar-refractivity contribution is 6.50. The average Bonchev–Trinajstić information content (AvgIpc) is 2.82. The molecular weight excluding hydrogens is 489 g/mol. The summed E-state index contributed by atoms with van der Waals surface area (Å²) < 4.78 is 61.2. The van der Waals surface area contributed by atoms with Crippen LogP contribution in [0.1, 0.15) is 0 Å². The second kappa shape index (κ2) is 11.2. The van der Waals surface area contributed by atoms with Crippen molar-refractivity contribution in [1.29, 1.82) is 0 Å². The first-order valence-corrected chi connectivity index (χ1v) is 10.6. The van der Waals surface area contributed by atoms with E-state index in [1.165, 1.54) is 0 Å². The zero-order chi connectivity index (χ0) is 25.6. The van der Waals surface area contributed by atoms with Crippen LogP contribution in [0, 0.1) is 0 Å². The zero-order valence-electron chi connectivity index (χ0n) is 19.0. The molecule has 0 saturated carbocycles. The Morgan fingerprint density at radius 3 is 2.03 bits per heavy atom. The molecule has 0 bridgehead atoms. The third-order valence-electron chi connectivity index (χ3n) is 4.77. The van der Waals surface area contributed by atoms with Crippen LogP contribution in [0.25, 0.3) is 22.3 Å². The van der Waals surface area contributed by atoms with Crippen molar-refractivity contribution in [1.82, 2.24) is 0 Å². The molecule has 11 heteroatoms. The summed E-state index contributed by atoms with van der Waals surface area (Å²) in [6.07, 6.45) is 0. The number of hydrogen-bond donors (Lipinski definition) is 1. The summed E-state index contributed by atoms with van der Waals surface area (Å²) in [5.74, 6) is 2.61. The smallest absolute Gasteiger partial charge is 0.495 e. The minimum Gasteiger partial charge on any atom is -0.495 e. The summed E-state index contributed by atoms with van der Waals surface area (Å²) in [5, 5.41) is 2.38. The summed E-state index contributed by atoms with van der Waals surface area (Å²) in [7, 11) is -1.19. The van der Waals surface area contributed by atoms with Gasteiger partial charge < -0.3 is 35.9 Å². The molecule has 184 valence electrons. The maximum atomic E-state index is 9.75. The Morgan fingerprint density at radius 2 is 1.40 bits per heavy atom. The van der Waals surface area contributed by atoms with Gasteiger partial charge in [0.15, 0.2) is 11.5 Å². The zero-order valence-corrected chi connectivity index (χ0v) is 19.7. The van der Waals surface area contributed by atoms with Crippen molar-refractivity contribution in [2.24, 2.45) is 0 Å². The highest BCUT2D eigenvalue weighted by Crippen LogP contribution is 2.32. The summed E-state index contributed by atoms with van der Waals surface area (Å²) in [6.45, 7) is 0. The molecule has 4 aromatic rings. The standard InChI is InChI=1S/C24H20ClNO4.BF4/c1-27-21-11-9-16(13-18(21)25)26-19-14-23(30-20-7-5-4-6-17(19)20)15-8-10-22(28-2)24(12-15)29-3;2-1(3,4)5/h4-14H,1-3H3;/q;-1/p+1. The van der Waals surface area contributed by atoms with Crippen molar-refractivity contribution >= 4 is 35.5 Å². The molecule has 5 nitrogen and oxygen atoms in total. The maximum Gasteiger partial charge on any atom is 0.673 e. The number of ether oxygens (including phenoxy) is 3. The molecule has 4 rings (SSSR count). The molecule has 0 aliphatic carbocycles. The van der Waals surface area contributed by atoms with E-state index in [0.29, 0.717) is 28.0 Å². The van der Waals surface area contributed by atoms with Crippen LogP contribution in [0.15, 0.2) is 71.1 Å². The lowest BCUT2D eigenvalue weighted by atomic mass is 10.1. The second-order valence-electron chi connectivity index (χ2n) is 7.06. The van der Waals surface area contributed by atoms with Crippen molar-refractivity contribution in [3.05, 3.63) is 77.1 Å². The number of para-hydroxylation sites is 1. The van der Waals surface area contributed by atoms with Crippen LogP contribution < -0.4 is 24.6 Å². The minimum atomic E-state index is -6.00. The summed E-state index contributed by atoms with van der Waals surface area (Å²) in [6, 6.07) is 21.1. The van der Waals surface area contributed by atoms with Gasteiger partial charge >= 0.3 is 7.25 Å². The Morgan fingerprint density at radius 1 is 0.771 bits per heavy atom. The van der Waals surface area contributed by atoms with Gasteiger partial charge in [-0.25, -0.2) is 4.99 Å². The van der Waals surface area contributed by atoms with Crippen molar-refractivity contribution in [3.63, 3.8) is 0 Å². The first-order valence-electron chi connectivity index (χ1n) is 10.2. The van der Waals surface area contributed by atoms with E-state index in [1.807, 2.05) is 66.7 Å². The number of halogens is 5. The molecule has 0 aliphatic heterocycles. The predicted molar refractivity (Wildman–Crippen MR) is 127 cm³/mol. The van der Waals surface area contributed by atoms with E-state index in [0.717, 1.165) is 27.6 Å². The van der Waals surface area contributed by atoms with E-state index in [4.69, 9.17) is 30.2 Å². The molecule has 3 aromatic carbocycles. The van der Waals surface area contributed by atoms with Gasteiger partial charge in [0.1, 0.15) is 17.1 Å². The van der Waals surface area contributed by atoms with Gasteiger partial charge in [-0.1, -0.05) is 23.7 Å². The van der Waals surface area contributed by atoms with E-state index >= 15 is 0 Å². The molecule has 1 heterocycles. The summed E-state index contributed by atoms with van der Waals surface area (Å²) in [5.41, 5.74) is 2.47. The maximum absolute atomic E-state index is 9.75. The predicted octanol–water partition coefficient (Wildman–Crippen LogP) is 5.39. The number of hydrogen-bond acceptors (Lipinski definition) is 4. The van der Waals surface area contributed by atoms with Crippen molar-refractivity contribution in [2.45, 2.75) is 0 Å². The SMILES string of the molecule is COc1ccc([NH+]=c2cc(-c3ccc(OC)c(OC)c3)oc3ccccc23)cc1Cl.F[B-](F)(F)F. The molecule has 0 aliphatic rings. The number of benzene rings is 3. The molecule has 35 heavy (non-hydrogen) atoms. The molecule has 1 aromatic heterocycles. The Bertz CT molecular complexity index is 1390. The lowest BCUT2D eigenvalue weighted by Crippen LogP contribution is -2.70. The summed E-state index contributed by atoms with van der Waals surface area (Å²) >= 11 is 6.29. The molecule has 0 radical (unpaired) electrons. The van der Waals surface area contributed by atoms with Crippen molar-refractivity contribution < 1.29 is 40.9 Å². The lowest BCUT2D eigenvalue weighted by Gasteiger charge is -2.09. The summed E-state index contributed by atoms with van der Waals surface area (Å²) in [4.78, 5) is 3.44. The van der Waals surface area contributed by atoms with Gasteiger partial charge in [0.05, 0.1) is 37.8 Å². The van der Waals surface area contributed by atoms with E-state index in [2.05, 4.69) is 4.99 Å². The van der Waals surface area contributed by atoms with Gasteiger partial charge in [0.25, 0.3) is 0 Å². The number of rotatable bonds is 5. The van der Waals surface area contributed by atoms with Crippen LogP contribution in [0.2, 0.25) is 5.02 Å². The molecule has 0 saturated heterocycles. The lowest BCUT2D eigenvalue weighted by molar-refractivity contribution is -0.400. The quantitative estimate of drug-likeness (QED) is 0.289. The highest BCUT2D eigenvalue weighted by Gasteiger charge is 2.20. The number of methoxy groups -OCH3 is 3. The third-order valence-corrected chi connectivity index (χ3v) is 5.07. The van der Waals surface area contributed by atoms with Crippen molar-refractivity contribution in [3.8, 4) is 28.6 Å². The van der Waals surface area contributed by atoms with Crippen LogP contribution in [0.3, 0.4) is 0 Å².